The van der Waals surface area contributed by atoms with Crippen molar-refractivity contribution in [1.29, 1.82) is 0 Å². The Morgan fingerprint density at radius 3 is 1.60 bits per heavy atom. The average molecular weight is 134 g/mol. The summed E-state index contributed by atoms with van der Waals surface area (Å²) in [4.78, 5) is 0. The number of allylic oxidation sites excluding steroid dienone is 2. The summed E-state index contributed by atoms with van der Waals surface area (Å²) in [5.41, 5.74) is 0. The van der Waals surface area contributed by atoms with Crippen LogP contribution in [0.1, 0.15) is 25.7 Å². The van der Waals surface area contributed by atoms with Gasteiger partial charge in [0.25, 0.3) is 0 Å². The van der Waals surface area contributed by atoms with Crippen molar-refractivity contribution in [3.8, 4) is 11.8 Å². The Balaban J connectivity index is 3.13. The van der Waals surface area contributed by atoms with Crippen molar-refractivity contribution in [2.75, 3.05) is 0 Å². The molecule has 0 atom stereocenters. The summed E-state index contributed by atoms with van der Waals surface area (Å²) in [6, 6.07) is 0. The van der Waals surface area contributed by atoms with Crippen LogP contribution in [0.3, 0.4) is 0 Å². The summed E-state index contributed by atoms with van der Waals surface area (Å²) in [7, 11) is 0. The Bertz CT molecular complexity index is 127. The first kappa shape index (κ1) is 9.04. The third-order valence-electron chi connectivity index (χ3n) is 1.07. The van der Waals surface area contributed by atoms with Gasteiger partial charge in [0, 0.05) is 12.8 Å². The molecule has 54 valence electrons. The molecular weight excluding hydrogens is 120 g/mol. The summed E-state index contributed by atoms with van der Waals surface area (Å²) in [5, 5.41) is 0. The van der Waals surface area contributed by atoms with Gasteiger partial charge in [0.05, 0.1) is 0 Å². The van der Waals surface area contributed by atoms with Crippen LogP contribution in [-0.2, 0) is 0 Å². The van der Waals surface area contributed by atoms with Crippen molar-refractivity contribution in [2.45, 2.75) is 25.7 Å². The van der Waals surface area contributed by atoms with Gasteiger partial charge < -0.3 is 0 Å². The molecule has 0 aliphatic rings. The molecular formula is C10H14. The van der Waals surface area contributed by atoms with Crippen molar-refractivity contribution in [3.05, 3.63) is 25.3 Å². The molecule has 0 radical (unpaired) electrons. The molecule has 0 aromatic carbocycles. The van der Waals surface area contributed by atoms with E-state index in [4.69, 9.17) is 0 Å². The van der Waals surface area contributed by atoms with Crippen LogP contribution in [0.2, 0.25) is 0 Å². The maximum Gasteiger partial charge on any atom is 0.0123 e. The van der Waals surface area contributed by atoms with Gasteiger partial charge in [-0.2, -0.15) is 0 Å². The van der Waals surface area contributed by atoms with Crippen LogP contribution in [0, 0.1) is 11.8 Å². The van der Waals surface area contributed by atoms with Gasteiger partial charge in [0.15, 0.2) is 0 Å². The summed E-state index contributed by atoms with van der Waals surface area (Å²) >= 11 is 0. The highest BCUT2D eigenvalue weighted by Gasteiger charge is 1.73. The molecule has 0 unspecified atom stereocenters. The second-order valence-electron chi connectivity index (χ2n) is 2.01. The zero-order chi connectivity index (χ0) is 7.66. The lowest BCUT2D eigenvalue weighted by Crippen LogP contribution is -1.65. The van der Waals surface area contributed by atoms with Gasteiger partial charge in [-0.25, -0.2) is 0 Å². The summed E-state index contributed by atoms with van der Waals surface area (Å²) in [6.45, 7) is 7.22. The Kier molecular flexibility index (Phi) is 7.27. The largest absolute Gasteiger partial charge is 0.103 e. The van der Waals surface area contributed by atoms with Crippen molar-refractivity contribution in [2.24, 2.45) is 0 Å². The molecule has 0 spiro atoms. The number of hydrogen-bond donors (Lipinski definition) is 0. The summed E-state index contributed by atoms with van der Waals surface area (Å²) in [6.07, 6.45) is 7.67. The first-order valence-electron chi connectivity index (χ1n) is 3.59. The maximum atomic E-state index is 3.61. The summed E-state index contributed by atoms with van der Waals surface area (Å²) in [5.74, 6) is 6.10. The fraction of sp³-hybridized carbons (Fsp3) is 0.400. The van der Waals surface area contributed by atoms with E-state index in [1.807, 2.05) is 12.2 Å². The minimum absolute atomic E-state index is 0.945. The van der Waals surface area contributed by atoms with E-state index >= 15 is 0 Å². The standard InChI is InChI=1S/C10H14/c1-3-5-7-9-10-8-6-4-2/h3-4H,1-2,5-8H2. The molecule has 0 rings (SSSR count). The van der Waals surface area contributed by atoms with Crippen LogP contribution in [0.25, 0.3) is 0 Å². The fourth-order valence-corrected chi connectivity index (χ4v) is 0.525. The molecule has 0 aliphatic heterocycles. The third-order valence-corrected chi connectivity index (χ3v) is 1.07. The van der Waals surface area contributed by atoms with E-state index in [1.54, 1.807) is 0 Å². The van der Waals surface area contributed by atoms with Gasteiger partial charge in [0.1, 0.15) is 0 Å². The van der Waals surface area contributed by atoms with Crippen molar-refractivity contribution < 1.29 is 0 Å². The minimum Gasteiger partial charge on any atom is -0.103 e. The van der Waals surface area contributed by atoms with Gasteiger partial charge in [-0.1, -0.05) is 12.2 Å². The van der Waals surface area contributed by atoms with Gasteiger partial charge in [-0.05, 0) is 12.8 Å². The van der Waals surface area contributed by atoms with E-state index in [0.717, 1.165) is 25.7 Å². The highest BCUT2D eigenvalue weighted by molar-refractivity contribution is 5.00. The average Bonchev–Trinajstić information content (AvgIpc) is 1.97. The first-order chi connectivity index (χ1) is 4.91. The van der Waals surface area contributed by atoms with E-state index < -0.39 is 0 Å². The van der Waals surface area contributed by atoms with Crippen LogP contribution < -0.4 is 0 Å². The van der Waals surface area contributed by atoms with Crippen LogP contribution in [-0.4, -0.2) is 0 Å². The zero-order valence-corrected chi connectivity index (χ0v) is 6.40. The molecule has 0 nitrogen and oxygen atoms in total. The quantitative estimate of drug-likeness (QED) is 0.315. The van der Waals surface area contributed by atoms with Crippen molar-refractivity contribution in [1.82, 2.24) is 0 Å². The van der Waals surface area contributed by atoms with Crippen LogP contribution >= 0.6 is 0 Å². The topological polar surface area (TPSA) is 0 Å². The summed E-state index contributed by atoms with van der Waals surface area (Å²) < 4.78 is 0. The highest BCUT2D eigenvalue weighted by Crippen LogP contribution is 1.88. The monoisotopic (exact) mass is 134 g/mol. The second-order valence-corrected chi connectivity index (χ2v) is 2.01. The van der Waals surface area contributed by atoms with Crippen LogP contribution in [0.4, 0.5) is 0 Å². The van der Waals surface area contributed by atoms with Gasteiger partial charge in [-0.3, -0.25) is 0 Å². The van der Waals surface area contributed by atoms with Gasteiger partial charge in [-0.15, -0.1) is 25.0 Å². The maximum absolute atomic E-state index is 3.61. The Hall–Kier alpha value is -0.960. The molecule has 0 aliphatic carbocycles. The van der Waals surface area contributed by atoms with Crippen LogP contribution in [0.15, 0.2) is 25.3 Å². The van der Waals surface area contributed by atoms with Gasteiger partial charge in [0.2, 0.25) is 0 Å². The Morgan fingerprint density at radius 2 is 1.30 bits per heavy atom. The van der Waals surface area contributed by atoms with E-state index in [1.165, 1.54) is 0 Å². The lowest BCUT2D eigenvalue weighted by molar-refractivity contribution is 1.06. The molecule has 0 aromatic heterocycles. The normalized spacial score (nSPS) is 7.60. The lowest BCUT2D eigenvalue weighted by atomic mass is 10.2. The van der Waals surface area contributed by atoms with Crippen molar-refractivity contribution >= 4 is 0 Å². The van der Waals surface area contributed by atoms with Crippen LogP contribution in [0.5, 0.6) is 0 Å². The molecule has 0 saturated carbocycles. The third kappa shape index (κ3) is 7.04. The van der Waals surface area contributed by atoms with E-state index in [2.05, 4.69) is 25.0 Å². The Labute approximate surface area is 63.6 Å². The number of unbranched alkanes of at least 4 members (excludes halogenated alkanes) is 2. The predicted octanol–water partition coefficient (Wildman–Crippen LogP) is 2.92. The van der Waals surface area contributed by atoms with Crippen molar-refractivity contribution in [3.63, 3.8) is 0 Å². The molecule has 0 heterocycles. The van der Waals surface area contributed by atoms with E-state index in [-0.39, 0.29) is 0 Å². The smallest absolute Gasteiger partial charge is 0.0123 e. The second kappa shape index (κ2) is 8.04. The van der Waals surface area contributed by atoms with E-state index in [0.29, 0.717) is 0 Å². The molecule has 0 N–H and O–H groups in total. The highest BCUT2D eigenvalue weighted by atomic mass is 13.8. The lowest BCUT2D eigenvalue weighted by Gasteiger charge is -1.80. The number of rotatable bonds is 4. The fourth-order valence-electron chi connectivity index (χ4n) is 0.525. The SMILES string of the molecule is C=CCCC#CCCC=C. The molecule has 10 heavy (non-hydrogen) atoms. The molecule has 0 heteroatoms. The zero-order valence-electron chi connectivity index (χ0n) is 6.40. The minimum atomic E-state index is 0.945. The molecule has 0 saturated heterocycles. The first-order valence-corrected chi connectivity index (χ1v) is 3.59. The molecule has 0 fully saturated rings. The molecule has 0 amide bonds. The molecule has 0 bridgehead atoms. The van der Waals surface area contributed by atoms with E-state index in [9.17, 15) is 0 Å². The Morgan fingerprint density at radius 1 is 0.900 bits per heavy atom. The van der Waals surface area contributed by atoms with Gasteiger partial charge >= 0.3 is 0 Å². The predicted molar refractivity (Wildman–Crippen MR) is 46.6 cm³/mol. The number of hydrogen-bond acceptors (Lipinski definition) is 0. The molecule has 0 aromatic rings.